The minimum Gasteiger partial charge on any atom is -0.506 e. The summed E-state index contributed by atoms with van der Waals surface area (Å²) in [6, 6.07) is 2.85. The zero-order valence-corrected chi connectivity index (χ0v) is 12.3. The van der Waals surface area contributed by atoms with E-state index < -0.39 is 12.1 Å². The summed E-state index contributed by atoms with van der Waals surface area (Å²) in [5.41, 5.74) is 6.46. The topological polar surface area (TPSA) is 66.5 Å². The lowest BCUT2D eigenvalue weighted by Crippen LogP contribution is -2.30. The van der Waals surface area contributed by atoms with Crippen LogP contribution in [0.2, 0.25) is 0 Å². The Labute approximate surface area is 112 Å². The van der Waals surface area contributed by atoms with Crippen LogP contribution in [-0.4, -0.2) is 16.3 Å². The number of nitrogens with two attached hydrogens (primary N) is 1. The quantitative estimate of drug-likeness (QED) is 0.783. The molecule has 0 radical (unpaired) electrons. The van der Waals surface area contributed by atoms with Crippen LogP contribution in [0.1, 0.15) is 25.5 Å². The molecule has 0 spiro atoms. The summed E-state index contributed by atoms with van der Waals surface area (Å²) in [7, 11) is 0. The van der Waals surface area contributed by atoms with E-state index >= 15 is 0 Å². The molecular weight excluding hydrogens is 338 g/mol. The van der Waals surface area contributed by atoms with Crippen LogP contribution in [0.5, 0.6) is 5.75 Å². The lowest BCUT2D eigenvalue weighted by atomic mass is 9.94. The molecule has 0 aromatic heterocycles. The van der Waals surface area contributed by atoms with Gasteiger partial charge in [0.25, 0.3) is 0 Å². The molecular formula is C11H15Br2NO2. The van der Waals surface area contributed by atoms with Crippen LogP contribution in [0.15, 0.2) is 21.1 Å². The van der Waals surface area contributed by atoms with Gasteiger partial charge in [-0.05, 0) is 34.0 Å². The smallest absolute Gasteiger partial charge is 0.134 e. The first kappa shape index (κ1) is 14.0. The van der Waals surface area contributed by atoms with Crippen LogP contribution in [0.25, 0.3) is 0 Å². The van der Waals surface area contributed by atoms with Gasteiger partial charge in [0, 0.05) is 10.0 Å². The number of hydrogen-bond donors (Lipinski definition) is 3. The van der Waals surface area contributed by atoms with Crippen molar-refractivity contribution >= 4 is 31.9 Å². The van der Waals surface area contributed by atoms with Gasteiger partial charge in [0.1, 0.15) is 5.75 Å². The van der Waals surface area contributed by atoms with Crippen molar-refractivity contribution in [2.75, 3.05) is 0 Å². The molecule has 0 heterocycles. The number of phenolic OH excluding ortho intramolecular Hbond substituents is 1. The van der Waals surface area contributed by atoms with Crippen molar-refractivity contribution in [1.29, 1.82) is 0 Å². The maximum absolute atomic E-state index is 9.89. The molecule has 0 bridgehead atoms. The predicted molar refractivity (Wildman–Crippen MR) is 71.3 cm³/mol. The van der Waals surface area contributed by atoms with E-state index in [0.717, 1.165) is 4.47 Å². The standard InChI is InChI=1S/C11H15Br2NO2/c1-5(2)10(15)9(14)7-3-6(12)4-8(13)11(7)16/h3-5,9-10,15-16H,14H2,1-2H3/t9-,10+/m0/s1. The van der Waals surface area contributed by atoms with Crippen LogP contribution in [-0.2, 0) is 0 Å². The Bertz CT molecular complexity index is 382. The Balaban J connectivity index is 3.13. The van der Waals surface area contributed by atoms with Crippen LogP contribution in [0, 0.1) is 5.92 Å². The Morgan fingerprint density at radius 1 is 1.25 bits per heavy atom. The second-order valence-corrected chi connectivity index (χ2v) is 5.86. The van der Waals surface area contributed by atoms with E-state index in [4.69, 9.17) is 5.73 Å². The number of phenols is 1. The molecule has 4 N–H and O–H groups in total. The monoisotopic (exact) mass is 351 g/mol. The first-order valence-electron chi connectivity index (χ1n) is 4.96. The molecule has 0 aliphatic carbocycles. The fourth-order valence-electron chi connectivity index (χ4n) is 1.44. The molecule has 0 saturated carbocycles. The van der Waals surface area contributed by atoms with Crippen LogP contribution >= 0.6 is 31.9 Å². The zero-order valence-electron chi connectivity index (χ0n) is 9.11. The van der Waals surface area contributed by atoms with Crippen molar-refractivity contribution in [2.24, 2.45) is 11.7 Å². The van der Waals surface area contributed by atoms with Crippen molar-refractivity contribution in [2.45, 2.75) is 26.0 Å². The number of rotatable bonds is 3. The molecule has 1 rings (SSSR count). The predicted octanol–water partition coefficient (Wildman–Crippen LogP) is 2.93. The number of aromatic hydroxyl groups is 1. The third-order valence-corrected chi connectivity index (χ3v) is 3.53. The summed E-state index contributed by atoms with van der Waals surface area (Å²) in [6.45, 7) is 3.77. The highest BCUT2D eigenvalue weighted by Crippen LogP contribution is 2.36. The Morgan fingerprint density at radius 3 is 2.31 bits per heavy atom. The third-order valence-electron chi connectivity index (χ3n) is 2.47. The second kappa shape index (κ2) is 5.49. The van der Waals surface area contributed by atoms with Crippen molar-refractivity contribution in [3.63, 3.8) is 0 Å². The van der Waals surface area contributed by atoms with Gasteiger partial charge < -0.3 is 15.9 Å². The van der Waals surface area contributed by atoms with Crippen LogP contribution < -0.4 is 5.73 Å². The number of aliphatic hydroxyl groups excluding tert-OH is 1. The summed E-state index contributed by atoms with van der Waals surface area (Å²) in [5, 5.41) is 19.8. The van der Waals surface area contributed by atoms with E-state index in [-0.39, 0.29) is 11.7 Å². The lowest BCUT2D eigenvalue weighted by Gasteiger charge is -2.23. The van der Waals surface area contributed by atoms with Gasteiger partial charge in [-0.1, -0.05) is 29.8 Å². The van der Waals surface area contributed by atoms with Crippen LogP contribution in [0.3, 0.4) is 0 Å². The van der Waals surface area contributed by atoms with E-state index in [1.54, 1.807) is 12.1 Å². The van der Waals surface area contributed by atoms with Gasteiger partial charge in [-0.25, -0.2) is 0 Å². The summed E-state index contributed by atoms with van der Waals surface area (Å²) in [4.78, 5) is 0. The molecule has 0 fully saturated rings. The Hall–Kier alpha value is -0.100. The Morgan fingerprint density at radius 2 is 1.81 bits per heavy atom. The normalized spacial score (nSPS) is 15.2. The van der Waals surface area contributed by atoms with Crippen molar-refractivity contribution < 1.29 is 10.2 Å². The summed E-state index contributed by atoms with van der Waals surface area (Å²) in [5.74, 6) is 0.113. The van der Waals surface area contributed by atoms with Crippen molar-refractivity contribution in [3.05, 3.63) is 26.6 Å². The molecule has 16 heavy (non-hydrogen) atoms. The molecule has 0 amide bonds. The minimum absolute atomic E-state index is 0.0344. The molecule has 1 aromatic carbocycles. The van der Waals surface area contributed by atoms with E-state index in [9.17, 15) is 10.2 Å². The molecule has 0 unspecified atom stereocenters. The van der Waals surface area contributed by atoms with Crippen molar-refractivity contribution in [3.8, 4) is 5.75 Å². The molecule has 90 valence electrons. The average Bonchev–Trinajstić information content (AvgIpc) is 2.21. The van der Waals surface area contributed by atoms with Gasteiger partial charge in [0.15, 0.2) is 0 Å². The number of halogens is 2. The highest BCUT2D eigenvalue weighted by molar-refractivity contribution is 9.11. The summed E-state index contributed by atoms with van der Waals surface area (Å²) in [6.07, 6.45) is -0.688. The highest BCUT2D eigenvalue weighted by Gasteiger charge is 2.23. The van der Waals surface area contributed by atoms with Gasteiger partial charge in [-0.2, -0.15) is 0 Å². The molecule has 0 saturated heterocycles. The first-order chi connectivity index (χ1) is 7.34. The first-order valence-corrected chi connectivity index (χ1v) is 6.54. The number of aliphatic hydroxyl groups is 1. The third kappa shape index (κ3) is 2.97. The Kier molecular flexibility index (Phi) is 4.79. The maximum atomic E-state index is 9.89. The largest absolute Gasteiger partial charge is 0.506 e. The highest BCUT2D eigenvalue weighted by atomic mass is 79.9. The molecule has 1 aromatic rings. The SMILES string of the molecule is CC(C)[C@@H](O)[C@@H](N)c1cc(Br)cc(Br)c1O. The molecule has 2 atom stereocenters. The van der Waals surface area contributed by atoms with Gasteiger partial charge in [-0.15, -0.1) is 0 Å². The molecule has 0 aliphatic rings. The van der Waals surface area contributed by atoms with E-state index in [1.165, 1.54) is 0 Å². The molecule has 3 nitrogen and oxygen atoms in total. The second-order valence-electron chi connectivity index (χ2n) is 4.09. The number of hydrogen-bond acceptors (Lipinski definition) is 3. The van der Waals surface area contributed by atoms with Gasteiger partial charge in [0.05, 0.1) is 16.6 Å². The zero-order chi connectivity index (χ0) is 12.5. The van der Waals surface area contributed by atoms with E-state index in [0.29, 0.717) is 10.0 Å². The fourth-order valence-corrected chi connectivity index (χ4v) is 2.70. The van der Waals surface area contributed by atoms with Gasteiger partial charge >= 0.3 is 0 Å². The minimum atomic E-state index is -0.688. The number of benzene rings is 1. The molecule has 0 aliphatic heterocycles. The summed E-state index contributed by atoms with van der Waals surface area (Å²) < 4.78 is 1.36. The van der Waals surface area contributed by atoms with Crippen molar-refractivity contribution in [1.82, 2.24) is 0 Å². The van der Waals surface area contributed by atoms with Crippen LogP contribution in [0.4, 0.5) is 0 Å². The maximum Gasteiger partial charge on any atom is 0.134 e. The summed E-state index contributed by atoms with van der Waals surface area (Å²) >= 11 is 6.56. The van der Waals surface area contributed by atoms with E-state index in [1.807, 2.05) is 13.8 Å². The van der Waals surface area contributed by atoms with Gasteiger partial charge in [0.2, 0.25) is 0 Å². The van der Waals surface area contributed by atoms with E-state index in [2.05, 4.69) is 31.9 Å². The average molecular weight is 353 g/mol. The van der Waals surface area contributed by atoms with Gasteiger partial charge in [-0.3, -0.25) is 0 Å². The lowest BCUT2D eigenvalue weighted by molar-refractivity contribution is 0.0969. The fraction of sp³-hybridized carbons (Fsp3) is 0.455. The molecule has 5 heteroatoms.